The zero-order valence-electron chi connectivity index (χ0n) is 16.7. The Morgan fingerprint density at radius 2 is 2.14 bits per heavy atom. The minimum absolute atomic E-state index is 0.151. The number of carbonyl (C=O) groups excluding carboxylic acids is 3. The van der Waals surface area contributed by atoms with Gasteiger partial charge < -0.3 is 15.3 Å². The van der Waals surface area contributed by atoms with Gasteiger partial charge in [0.25, 0.3) is 5.91 Å². The van der Waals surface area contributed by atoms with E-state index < -0.39 is 17.6 Å². The van der Waals surface area contributed by atoms with Crippen molar-refractivity contribution in [1.82, 2.24) is 20.4 Å². The third-order valence-electron chi connectivity index (χ3n) is 6.21. The highest BCUT2D eigenvalue weighted by molar-refractivity contribution is 6.05. The highest BCUT2D eigenvalue weighted by Crippen LogP contribution is 2.31. The van der Waals surface area contributed by atoms with Crippen molar-refractivity contribution in [3.05, 3.63) is 34.9 Å². The number of β-amino-alcohol motifs (C(OH)–C–C–N with tert-alkyl or cyclic N) is 1. The van der Waals surface area contributed by atoms with Gasteiger partial charge in [-0.15, -0.1) is 0 Å². The molecule has 29 heavy (non-hydrogen) atoms. The summed E-state index contributed by atoms with van der Waals surface area (Å²) in [6.07, 6.45) is 2.32. The van der Waals surface area contributed by atoms with Gasteiger partial charge in [-0.1, -0.05) is 12.1 Å². The fourth-order valence-electron chi connectivity index (χ4n) is 4.85. The van der Waals surface area contributed by atoms with Crippen LogP contribution in [0, 0.1) is 0 Å². The Bertz CT molecular complexity index is 838. The lowest BCUT2D eigenvalue weighted by atomic mass is 9.92. The van der Waals surface area contributed by atoms with Crippen LogP contribution in [0.15, 0.2) is 18.2 Å². The number of nitrogens with zero attached hydrogens (tertiary/aromatic N) is 2. The Morgan fingerprint density at radius 1 is 1.31 bits per heavy atom. The summed E-state index contributed by atoms with van der Waals surface area (Å²) in [6.45, 7) is 3.08. The van der Waals surface area contributed by atoms with E-state index in [0.717, 1.165) is 30.5 Å². The zero-order chi connectivity index (χ0) is 20.6. The van der Waals surface area contributed by atoms with Crippen molar-refractivity contribution in [2.24, 2.45) is 0 Å². The molecule has 156 valence electrons. The maximum absolute atomic E-state index is 13.0. The first-order chi connectivity index (χ1) is 13.9. The van der Waals surface area contributed by atoms with Crippen LogP contribution in [0.4, 0.5) is 0 Å². The van der Waals surface area contributed by atoms with Gasteiger partial charge in [-0.05, 0) is 50.0 Å². The first kappa shape index (κ1) is 20.0. The molecular formula is C21H28N4O4. The van der Waals surface area contributed by atoms with Gasteiger partial charge in [-0.3, -0.25) is 24.6 Å². The SMILES string of the molecule is CNCC1(O)CCCN(Cc2cccc3c2CN(C2CCC(=O)NC2=O)C3=O)C1. The number of benzene rings is 1. The number of amides is 3. The largest absolute Gasteiger partial charge is 0.387 e. The number of hydrogen-bond donors (Lipinski definition) is 3. The fraction of sp³-hybridized carbons (Fsp3) is 0.571. The summed E-state index contributed by atoms with van der Waals surface area (Å²) in [4.78, 5) is 40.5. The monoisotopic (exact) mass is 400 g/mol. The van der Waals surface area contributed by atoms with Gasteiger partial charge in [-0.25, -0.2) is 0 Å². The summed E-state index contributed by atoms with van der Waals surface area (Å²) in [6, 6.07) is 5.10. The molecule has 2 unspecified atom stereocenters. The molecule has 2 atom stereocenters. The second-order valence-electron chi connectivity index (χ2n) is 8.41. The standard InChI is InChI=1S/C21H28N4O4/c1-22-12-21(29)8-3-9-24(13-21)10-14-4-2-5-15-16(14)11-25(20(15)28)17-6-7-18(26)23-19(17)27/h2,4-5,17,22,29H,3,6-13H2,1H3,(H,23,26,27). The topological polar surface area (TPSA) is 102 Å². The summed E-state index contributed by atoms with van der Waals surface area (Å²) < 4.78 is 0. The number of piperidine rings is 2. The molecule has 3 heterocycles. The smallest absolute Gasteiger partial charge is 0.255 e. The summed E-state index contributed by atoms with van der Waals surface area (Å²) in [7, 11) is 1.84. The van der Waals surface area contributed by atoms with Crippen molar-refractivity contribution in [3.8, 4) is 0 Å². The highest BCUT2D eigenvalue weighted by Gasteiger charge is 2.40. The lowest BCUT2D eigenvalue weighted by molar-refractivity contribution is -0.136. The van der Waals surface area contributed by atoms with Gasteiger partial charge in [0.15, 0.2) is 0 Å². The van der Waals surface area contributed by atoms with E-state index in [2.05, 4.69) is 15.5 Å². The highest BCUT2D eigenvalue weighted by atomic mass is 16.3. The van der Waals surface area contributed by atoms with Crippen molar-refractivity contribution in [2.45, 2.75) is 50.4 Å². The van der Waals surface area contributed by atoms with Crippen LogP contribution in [-0.4, -0.2) is 71.0 Å². The molecule has 4 rings (SSSR count). The van der Waals surface area contributed by atoms with Crippen LogP contribution >= 0.6 is 0 Å². The Hall–Kier alpha value is -2.29. The normalized spacial score (nSPS) is 27.9. The summed E-state index contributed by atoms with van der Waals surface area (Å²) in [5.41, 5.74) is 1.90. The molecule has 3 aliphatic heterocycles. The number of likely N-dealkylation sites (tertiary alicyclic amines) is 1. The van der Waals surface area contributed by atoms with E-state index in [0.29, 0.717) is 38.2 Å². The summed E-state index contributed by atoms with van der Waals surface area (Å²) in [5, 5.41) is 16.2. The lowest BCUT2D eigenvalue weighted by Crippen LogP contribution is -2.52. The molecule has 0 saturated carbocycles. The molecule has 0 bridgehead atoms. The van der Waals surface area contributed by atoms with E-state index in [-0.39, 0.29) is 18.2 Å². The number of rotatable bonds is 5. The van der Waals surface area contributed by atoms with Gasteiger partial charge in [0, 0.05) is 38.2 Å². The molecule has 8 nitrogen and oxygen atoms in total. The van der Waals surface area contributed by atoms with E-state index in [1.807, 2.05) is 19.2 Å². The Balaban J connectivity index is 1.51. The predicted octanol–water partition coefficient (Wildman–Crippen LogP) is -0.00610. The number of nitrogens with one attached hydrogen (secondary N) is 2. The Labute approximate surface area is 170 Å². The van der Waals surface area contributed by atoms with Crippen LogP contribution in [0.3, 0.4) is 0 Å². The average molecular weight is 400 g/mol. The minimum atomic E-state index is -0.737. The van der Waals surface area contributed by atoms with Gasteiger partial charge in [0.05, 0.1) is 5.60 Å². The first-order valence-electron chi connectivity index (χ1n) is 10.2. The summed E-state index contributed by atoms with van der Waals surface area (Å²) >= 11 is 0. The zero-order valence-corrected chi connectivity index (χ0v) is 16.7. The van der Waals surface area contributed by atoms with Gasteiger partial charge >= 0.3 is 0 Å². The fourth-order valence-corrected chi connectivity index (χ4v) is 4.85. The molecule has 0 radical (unpaired) electrons. The van der Waals surface area contributed by atoms with Crippen LogP contribution in [0.2, 0.25) is 0 Å². The number of aliphatic hydroxyl groups is 1. The van der Waals surface area contributed by atoms with E-state index in [1.54, 1.807) is 11.0 Å². The second-order valence-corrected chi connectivity index (χ2v) is 8.41. The van der Waals surface area contributed by atoms with Gasteiger partial charge in [0.2, 0.25) is 11.8 Å². The third kappa shape index (κ3) is 3.92. The van der Waals surface area contributed by atoms with Crippen LogP contribution < -0.4 is 10.6 Å². The molecule has 1 aromatic carbocycles. The molecule has 3 aliphatic rings. The van der Waals surface area contributed by atoms with E-state index >= 15 is 0 Å². The number of fused-ring (bicyclic) bond motifs is 1. The molecule has 2 fully saturated rings. The molecule has 3 amide bonds. The molecule has 0 aromatic heterocycles. The van der Waals surface area contributed by atoms with Crippen molar-refractivity contribution in [3.63, 3.8) is 0 Å². The van der Waals surface area contributed by atoms with Crippen molar-refractivity contribution >= 4 is 17.7 Å². The van der Waals surface area contributed by atoms with Crippen LogP contribution in [-0.2, 0) is 22.7 Å². The van der Waals surface area contributed by atoms with Crippen molar-refractivity contribution < 1.29 is 19.5 Å². The molecule has 8 heteroatoms. The van der Waals surface area contributed by atoms with Crippen LogP contribution in [0.25, 0.3) is 0 Å². The molecule has 2 saturated heterocycles. The van der Waals surface area contributed by atoms with Crippen molar-refractivity contribution in [1.29, 1.82) is 0 Å². The van der Waals surface area contributed by atoms with Gasteiger partial charge in [-0.2, -0.15) is 0 Å². The average Bonchev–Trinajstić information content (AvgIpc) is 3.00. The Kier molecular flexibility index (Phi) is 5.42. The quantitative estimate of drug-likeness (QED) is 0.601. The number of hydrogen-bond acceptors (Lipinski definition) is 6. The molecule has 3 N–H and O–H groups in total. The van der Waals surface area contributed by atoms with E-state index in [9.17, 15) is 19.5 Å². The predicted molar refractivity (Wildman–Crippen MR) is 106 cm³/mol. The second kappa shape index (κ2) is 7.85. The number of likely N-dealkylation sites (N-methyl/N-ethyl adjacent to an activating group) is 1. The molecular weight excluding hydrogens is 372 g/mol. The lowest BCUT2D eigenvalue weighted by Gasteiger charge is -2.39. The minimum Gasteiger partial charge on any atom is -0.387 e. The maximum atomic E-state index is 13.0. The Morgan fingerprint density at radius 3 is 2.90 bits per heavy atom. The third-order valence-corrected chi connectivity index (χ3v) is 6.21. The maximum Gasteiger partial charge on any atom is 0.255 e. The molecule has 1 aromatic rings. The first-order valence-corrected chi connectivity index (χ1v) is 10.2. The molecule has 0 aliphatic carbocycles. The number of carbonyl (C=O) groups is 3. The van der Waals surface area contributed by atoms with Crippen LogP contribution in [0.1, 0.15) is 47.2 Å². The molecule has 0 spiro atoms. The van der Waals surface area contributed by atoms with Crippen LogP contribution in [0.5, 0.6) is 0 Å². The van der Waals surface area contributed by atoms with E-state index in [1.165, 1.54) is 0 Å². The number of imide groups is 1. The van der Waals surface area contributed by atoms with Crippen molar-refractivity contribution in [2.75, 3.05) is 26.7 Å². The van der Waals surface area contributed by atoms with Gasteiger partial charge in [0.1, 0.15) is 6.04 Å². The summed E-state index contributed by atoms with van der Waals surface area (Å²) in [5.74, 6) is -0.825. The van der Waals surface area contributed by atoms with E-state index in [4.69, 9.17) is 0 Å².